The molecular formula is C22H29N5O5S. The van der Waals surface area contributed by atoms with Gasteiger partial charge >= 0.3 is 0 Å². The largest absolute Gasteiger partial charge is 0.378 e. The van der Waals surface area contributed by atoms with Gasteiger partial charge in [-0.15, -0.1) is 0 Å². The van der Waals surface area contributed by atoms with Gasteiger partial charge in [-0.05, 0) is 62.5 Å². The highest BCUT2D eigenvalue weighted by molar-refractivity contribution is 7.89. The summed E-state index contributed by atoms with van der Waals surface area (Å²) in [5, 5.41) is 10.6. The number of primary sulfonamides is 1. The summed E-state index contributed by atoms with van der Waals surface area (Å²) in [7, 11) is -2.12. The lowest BCUT2D eigenvalue weighted by Gasteiger charge is -2.29. The molecule has 0 radical (unpaired) electrons. The quantitative estimate of drug-likeness (QED) is 0.520. The van der Waals surface area contributed by atoms with Crippen molar-refractivity contribution in [1.82, 2.24) is 4.90 Å². The number of hydrogen-bond acceptors (Lipinski definition) is 7. The Kier molecular flexibility index (Phi) is 8.03. The lowest BCUT2D eigenvalue weighted by atomic mass is 10.2. The van der Waals surface area contributed by atoms with Crippen molar-refractivity contribution in [1.29, 1.82) is 0 Å². The van der Waals surface area contributed by atoms with E-state index in [4.69, 9.17) is 9.88 Å². The van der Waals surface area contributed by atoms with E-state index in [9.17, 15) is 18.0 Å². The van der Waals surface area contributed by atoms with Crippen molar-refractivity contribution in [2.24, 2.45) is 5.14 Å². The van der Waals surface area contributed by atoms with Gasteiger partial charge in [0.25, 0.3) is 0 Å². The second-order valence-electron chi connectivity index (χ2n) is 7.84. The molecule has 0 bridgehead atoms. The molecule has 1 saturated heterocycles. The molecule has 178 valence electrons. The molecular weight excluding hydrogens is 446 g/mol. The van der Waals surface area contributed by atoms with Crippen LogP contribution >= 0.6 is 0 Å². The predicted octanol–water partition coefficient (Wildman–Crippen LogP) is 1.07. The molecule has 2 aromatic carbocycles. The average Bonchev–Trinajstić information content (AvgIpc) is 2.79. The number of amides is 2. The predicted molar refractivity (Wildman–Crippen MR) is 127 cm³/mol. The van der Waals surface area contributed by atoms with Gasteiger partial charge in [0, 0.05) is 30.2 Å². The van der Waals surface area contributed by atoms with E-state index in [0.29, 0.717) is 24.6 Å². The van der Waals surface area contributed by atoms with Crippen LogP contribution in [0, 0.1) is 0 Å². The van der Waals surface area contributed by atoms with E-state index < -0.39 is 16.1 Å². The number of nitrogens with one attached hydrogen (secondary N) is 2. The minimum atomic E-state index is -3.80. The number of nitrogens with zero attached hydrogens (tertiary/aromatic N) is 2. The fourth-order valence-corrected chi connectivity index (χ4v) is 3.83. The highest BCUT2D eigenvalue weighted by Crippen LogP contribution is 2.19. The van der Waals surface area contributed by atoms with Crippen molar-refractivity contribution < 1.29 is 22.7 Å². The fourth-order valence-electron chi connectivity index (χ4n) is 3.32. The number of rotatable bonds is 8. The first kappa shape index (κ1) is 24.6. The molecule has 4 N–H and O–H groups in total. The van der Waals surface area contributed by atoms with Gasteiger partial charge < -0.3 is 20.3 Å². The number of nitrogens with two attached hydrogens (primary N) is 1. The summed E-state index contributed by atoms with van der Waals surface area (Å²) >= 11 is 0. The molecule has 2 amide bonds. The lowest BCUT2D eigenvalue weighted by molar-refractivity contribution is -0.122. The Labute approximate surface area is 193 Å². The Morgan fingerprint density at radius 2 is 1.58 bits per heavy atom. The van der Waals surface area contributed by atoms with Crippen LogP contribution in [0.3, 0.4) is 0 Å². The molecule has 0 unspecified atom stereocenters. The third-order valence-corrected chi connectivity index (χ3v) is 6.34. The van der Waals surface area contributed by atoms with Crippen molar-refractivity contribution >= 4 is 38.9 Å². The molecule has 1 fully saturated rings. The van der Waals surface area contributed by atoms with E-state index >= 15 is 0 Å². The number of anilines is 3. The molecule has 0 aromatic heterocycles. The summed E-state index contributed by atoms with van der Waals surface area (Å²) in [5.41, 5.74) is 2.19. The maximum Gasteiger partial charge on any atom is 0.241 e. The van der Waals surface area contributed by atoms with Crippen LogP contribution in [0.2, 0.25) is 0 Å². The number of carbonyl (C=O) groups excluding carboxylic acids is 2. The monoisotopic (exact) mass is 475 g/mol. The number of morpholine rings is 1. The Hall–Kier alpha value is -2.99. The normalized spacial score (nSPS) is 15.2. The van der Waals surface area contributed by atoms with Crippen LogP contribution in [-0.2, 0) is 24.3 Å². The Morgan fingerprint density at radius 3 is 2.15 bits per heavy atom. The van der Waals surface area contributed by atoms with Crippen molar-refractivity contribution in [3.63, 3.8) is 0 Å². The molecule has 2 aromatic rings. The number of sulfonamides is 1. The topological polar surface area (TPSA) is 134 Å². The minimum Gasteiger partial charge on any atom is -0.378 e. The first-order valence-electron chi connectivity index (χ1n) is 10.5. The number of carbonyl (C=O) groups is 2. The van der Waals surface area contributed by atoms with Crippen LogP contribution < -0.4 is 20.7 Å². The second kappa shape index (κ2) is 10.8. The van der Waals surface area contributed by atoms with Crippen LogP contribution in [0.5, 0.6) is 0 Å². The summed E-state index contributed by atoms with van der Waals surface area (Å²) in [6.07, 6.45) is 0. The standard InChI is InChI=1S/C22H29N5O5S/c1-16(22(29)25-18-5-9-20(10-6-18)33(23,30)31)26(2)15-21(28)24-17-3-7-19(8-4-17)27-11-13-32-14-12-27/h3-10,16H,11-15H2,1-2H3,(H,24,28)(H,25,29)(H2,23,30,31)/t16-/m0/s1. The summed E-state index contributed by atoms with van der Waals surface area (Å²) in [5.74, 6) is -0.572. The molecule has 11 heteroatoms. The molecule has 0 saturated carbocycles. The van der Waals surface area contributed by atoms with E-state index in [0.717, 1.165) is 18.8 Å². The summed E-state index contributed by atoms with van der Waals surface area (Å²) in [6, 6.07) is 12.6. The van der Waals surface area contributed by atoms with Crippen LogP contribution in [0.1, 0.15) is 6.92 Å². The molecule has 1 aliphatic rings. The van der Waals surface area contributed by atoms with E-state index in [1.165, 1.54) is 24.3 Å². The average molecular weight is 476 g/mol. The van der Waals surface area contributed by atoms with Gasteiger partial charge in [0.2, 0.25) is 21.8 Å². The Bertz CT molecular complexity index is 1070. The van der Waals surface area contributed by atoms with Crippen molar-refractivity contribution in [3.8, 4) is 0 Å². The lowest BCUT2D eigenvalue weighted by Crippen LogP contribution is -2.43. The van der Waals surface area contributed by atoms with Crippen molar-refractivity contribution in [2.45, 2.75) is 17.9 Å². The van der Waals surface area contributed by atoms with Gasteiger partial charge in [0.15, 0.2) is 0 Å². The number of benzene rings is 2. The zero-order valence-corrected chi connectivity index (χ0v) is 19.5. The molecule has 1 aliphatic heterocycles. The summed E-state index contributed by atoms with van der Waals surface area (Å²) in [4.78, 5) is 28.8. The Morgan fingerprint density at radius 1 is 1.03 bits per heavy atom. The third-order valence-electron chi connectivity index (χ3n) is 5.41. The molecule has 0 spiro atoms. The minimum absolute atomic E-state index is 0.0180. The molecule has 0 aliphatic carbocycles. The van der Waals surface area contributed by atoms with Crippen LogP contribution in [0.25, 0.3) is 0 Å². The van der Waals surface area contributed by atoms with Crippen molar-refractivity contribution in [2.75, 3.05) is 55.4 Å². The molecule has 33 heavy (non-hydrogen) atoms. The van der Waals surface area contributed by atoms with Gasteiger partial charge in [0.05, 0.1) is 30.7 Å². The third kappa shape index (κ3) is 6.99. The van der Waals surface area contributed by atoms with E-state index in [1.807, 2.05) is 24.3 Å². The highest BCUT2D eigenvalue weighted by atomic mass is 32.2. The number of ether oxygens (including phenoxy) is 1. The van der Waals surface area contributed by atoms with Gasteiger partial charge in [0.1, 0.15) is 0 Å². The second-order valence-corrected chi connectivity index (χ2v) is 9.41. The summed E-state index contributed by atoms with van der Waals surface area (Å²) < 4.78 is 28.0. The highest BCUT2D eigenvalue weighted by Gasteiger charge is 2.21. The van der Waals surface area contributed by atoms with Gasteiger partial charge in [-0.3, -0.25) is 14.5 Å². The zero-order valence-electron chi connectivity index (χ0n) is 18.7. The number of hydrogen-bond donors (Lipinski definition) is 3. The maximum absolute atomic E-state index is 12.5. The van der Waals surface area contributed by atoms with E-state index in [-0.39, 0.29) is 23.3 Å². The molecule has 3 rings (SSSR count). The SMILES string of the molecule is C[C@@H](C(=O)Nc1ccc(S(N)(=O)=O)cc1)N(C)CC(=O)Nc1ccc(N2CCOCC2)cc1. The van der Waals surface area contributed by atoms with E-state index in [2.05, 4.69) is 15.5 Å². The molecule has 1 heterocycles. The summed E-state index contributed by atoms with van der Waals surface area (Å²) in [6.45, 7) is 4.79. The first-order valence-corrected chi connectivity index (χ1v) is 12.0. The molecule has 10 nitrogen and oxygen atoms in total. The van der Waals surface area contributed by atoms with Gasteiger partial charge in [-0.25, -0.2) is 13.6 Å². The van der Waals surface area contributed by atoms with Crippen LogP contribution in [0.15, 0.2) is 53.4 Å². The maximum atomic E-state index is 12.5. The molecule has 1 atom stereocenters. The Balaban J connectivity index is 1.49. The fraction of sp³-hybridized carbons (Fsp3) is 0.364. The van der Waals surface area contributed by atoms with Gasteiger partial charge in [-0.2, -0.15) is 0 Å². The van der Waals surface area contributed by atoms with Crippen LogP contribution in [0.4, 0.5) is 17.1 Å². The van der Waals surface area contributed by atoms with Gasteiger partial charge in [-0.1, -0.05) is 0 Å². The zero-order chi connectivity index (χ0) is 24.0. The number of likely N-dealkylation sites (N-methyl/N-ethyl adjacent to an activating group) is 1. The smallest absolute Gasteiger partial charge is 0.241 e. The van der Waals surface area contributed by atoms with Crippen LogP contribution in [-0.4, -0.2) is 71.1 Å². The first-order chi connectivity index (χ1) is 15.6. The van der Waals surface area contributed by atoms with E-state index in [1.54, 1.807) is 18.9 Å². The van der Waals surface area contributed by atoms with Crippen molar-refractivity contribution in [3.05, 3.63) is 48.5 Å².